The smallest absolute Gasteiger partial charge is 0.101 e. The molecule has 5 radical (unpaired) electrons. The van der Waals surface area contributed by atoms with Crippen molar-refractivity contribution < 1.29 is 4.74 Å². The van der Waals surface area contributed by atoms with Crippen molar-refractivity contribution in [1.29, 1.82) is 0 Å². The van der Waals surface area contributed by atoms with Crippen LogP contribution >= 0.6 is 0 Å². The molecule has 0 bridgehead atoms. The number of rotatable bonds is 4. The van der Waals surface area contributed by atoms with Gasteiger partial charge in [-0.3, -0.25) is 0 Å². The lowest BCUT2D eigenvalue weighted by molar-refractivity contribution is 0.248. The van der Waals surface area contributed by atoms with E-state index in [1.165, 1.54) is 0 Å². The van der Waals surface area contributed by atoms with Crippen LogP contribution in [0.4, 0.5) is 0 Å². The van der Waals surface area contributed by atoms with Crippen LogP contribution in [0.25, 0.3) is 0 Å². The number of unbranched alkanes of at least 4 members (excludes halogenated alkanes) is 1. The lowest BCUT2D eigenvalue weighted by Crippen LogP contribution is -1.95. The molecule has 0 heterocycles. The van der Waals surface area contributed by atoms with Gasteiger partial charge in [0.15, 0.2) is 0 Å². The second kappa shape index (κ2) is 5.10. The fourth-order valence-electron chi connectivity index (χ4n) is 0.272. The highest BCUT2D eigenvalue weighted by molar-refractivity contribution is 5.09. The normalized spacial score (nSPS) is 10.5. The third-order valence-electron chi connectivity index (χ3n) is 0.737. The summed E-state index contributed by atoms with van der Waals surface area (Å²) in [6.45, 7) is 5.53. The molecule has 0 amide bonds. The van der Waals surface area contributed by atoms with Crippen molar-refractivity contribution in [3.05, 3.63) is 32.3 Å². The van der Waals surface area contributed by atoms with Crippen molar-refractivity contribution in [1.82, 2.24) is 0 Å². The Kier molecular flexibility index (Phi) is 5.08. The Hall–Kier alpha value is -0.0400. The Labute approximate surface area is 52.0 Å². The van der Waals surface area contributed by atoms with E-state index in [1.807, 2.05) is 19.8 Å². The lowest BCUT2D eigenvalue weighted by atomic mass is 10.2. The summed E-state index contributed by atoms with van der Waals surface area (Å²) in [5, 5.41) is 0. The van der Waals surface area contributed by atoms with Crippen LogP contribution < -0.4 is 0 Å². The van der Waals surface area contributed by atoms with Gasteiger partial charge in [0, 0.05) is 13.5 Å². The highest BCUT2D eigenvalue weighted by Crippen LogP contribution is 2.05. The zero-order chi connectivity index (χ0) is 6.41. The van der Waals surface area contributed by atoms with E-state index in [1.54, 1.807) is 13.5 Å². The Morgan fingerprint density at radius 1 is 1.62 bits per heavy atom. The largest absolute Gasteiger partial charge is 0.375 e. The summed E-state index contributed by atoms with van der Waals surface area (Å²) in [5.74, 6) is 0. The van der Waals surface area contributed by atoms with Crippen molar-refractivity contribution in [2.75, 3.05) is 7.11 Å². The molecule has 0 aliphatic heterocycles. The average Bonchev–Trinajstić information content (AvgIpc) is 1.83. The van der Waals surface area contributed by atoms with Crippen LogP contribution in [0, 0.1) is 32.3 Å². The summed E-state index contributed by atoms with van der Waals surface area (Å²) in [6.07, 6.45) is 6.29. The molecule has 1 nitrogen and oxygen atoms in total. The summed E-state index contributed by atoms with van der Waals surface area (Å²) >= 11 is 0. The van der Waals surface area contributed by atoms with E-state index in [2.05, 4.69) is 6.92 Å². The summed E-state index contributed by atoms with van der Waals surface area (Å²) in [7, 11) is 1.60. The Morgan fingerprint density at radius 2 is 2.25 bits per heavy atom. The summed E-state index contributed by atoms with van der Waals surface area (Å²) in [4.78, 5) is 0. The van der Waals surface area contributed by atoms with Gasteiger partial charge >= 0.3 is 0 Å². The molecule has 0 rings (SSSR count). The predicted molar refractivity (Wildman–Crippen MR) is 34.2 cm³/mol. The van der Waals surface area contributed by atoms with E-state index in [0.29, 0.717) is 6.10 Å². The van der Waals surface area contributed by atoms with Crippen LogP contribution in [0.15, 0.2) is 0 Å². The quantitative estimate of drug-likeness (QED) is 0.535. The fraction of sp³-hybridized carbons (Fsp3) is 0.286. The molecule has 0 fully saturated rings. The Bertz CT molecular complexity index is 43.7. The van der Waals surface area contributed by atoms with Gasteiger partial charge < -0.3 is 4.74 Å². The zero-order valence-electron chi connectivity index (χ0n) is 5.35. The van der Waals surface area contributed by atoms with Gasteiger partial charge in [-0.05, 0) is 19.8 Å². The molecule has 0 aliphatic carbocycles. The van der Waals surface area contributed by atoms with E-state index in [-0.39, 0.29) is 0 Å². The van der Waals surface area contributed by atoms with Crippen molar-refractivity contribution >= 4 is 0 Å². The molecule has 8 heavy (non-hydrogen) atoms. The summed E-state index contributed by atoms with van der Waals surface area (Å²) < 4.78 is 4.75. The number of methoxy groups -OCH3 is 1. The van der Waals surface area contributed by atoms with Crippen molar-refractivity contribution in [2.24, 2.45) is 0 Å². The monoisotopic (exact) mass is 111 g/mol. The second-order valence-corrected chi connectivity index (χ2v) is 1.36. The van der Waals surface area contributed by atoms with Crippen LogP contribution in [0.5, 0.6) is 0 Å². The minimum atomic E-state index is 0.683. The first-order valence-electron chi connectivity index (χ1n) is 2.50. The van der Waals surface area contributed by atoms with Gasteiger partial charge in [0.2, 0.25) is 0 Å². The summed E-state index contributed by atoms with van der Waals surface area (Å²) in [6, 6.07) is 0. The van der Waals surface area contributed by atoms with Crippen molar-refractivity contribution in [2.45, 2.75) is 6.92 Å². The maximum atomic E-state index is 4.75. The first-order chi connectivity index (χ1) is 3.81. The number of hydrogen-bond acceptors (Lipinski definition) is 1. The molecular formula is C7H11O. The van der Waals surface area contributed by atoms with Crippen molar-refractivity contribution in [3.63, 3.8) is 0 Å². The molecule has 0 aromatic carbocycles. The molecule has 0 saturated carbocycles. The lowest BCUT2D eigenvalue weighted by Gasteiger charge is -2.03. The van der Waals surface area contributed by atoms with E-state index in [4.69, 9.17) is 4.74 Å². The number of ether oxygens (including phenoxy) is 1. The first-order valence-corrected chi connectivity index (χ1v) is 2.50. The molecule has 0 aromatic heterocycles. The Morgan fingerprint density at radius 3 is 2.62 bits per heavy atom. The number of hydrogen-bond donors (Lipinski definition) is 0. The van der Waals surface area contributed by atoms with Gasteiger partial charge in [-0.2, -0.15) is 0 Å². The van der Waals surface area contributed by atoms with Gasteiger partial charge in [0.1, 0.15) is 6.10 Å². The minimum Gasteiger partial charge on any atom is -0.375 e. The molecule has 0 aliphatic rings. The third-order valence-corrected chi connectivity index (χ3v) is 0.737. The first kappa shape index (κ1) is 7.96. The van der Waals surface area contributed by atoms with E-state index in [9.17, 15) is 0 Å². The fourth-order valence-corrected chi connectivity index (χ4v) is 0.272. The average molecular weight is 111 g/mol. The molecule has 0 atom stereocenters. The SMILES string of the molecule is [CH2][C]([CH][CH][CH]C)OC. The van der Waals surface area contributed by atoms with E-state index in [0.717, 1.165) is 0 Å². The zero-order valence-corrected chi connectivity index (χ0v) is 5.35. The predicted octanol–water partition coefficient (Wildman–Crippen LogP) is 1.63. The molecule has 0 unspecified atom stereocenters. The Balaban J connectivity index is 2.86. The van der Waals surface area contributed by atoms with Gasteiger partial charge in [-0.15, -0.1) is 0 Å². The topological polar surface area (TPSA) is 9.23 Å². The maximum absolute atomic E-state index is 4.75. The highest BCUT2D eigenvalue weighted by atomic mass is 16.5. The summed E-state index contributed by atoms with van der Waals surface area (Å²) in [5.41, 5.74) is 0. The van der Waals surface area contributed by atoms with Gasteiger partial charge in [-0.25, -0.2) is 0 Å². The second-order valence-electron chi connectivity index (χ2n) is 1.36. The highest BCUT2D eigenvalue weighted by Gasteiger charge is 1.97. The molecule has 0 spiro atoms. The maximum Gasteiger partial charge on any atom is 0.101 e. The van der Waals surface area contributed by atoms with E-state index >= 15 is 0 Å². The molecule has 45 valence electrons. The minimum absolute atomic E-state index is 0.683. The van der Waals surface area contributed by atoms with Crippen LogP contribution in [0.3, 0.4) is 0 Å². The molecule has 0 aromatic rings. The van der Waals surface area contributed by atoms with Crippen LogP contribution in [0.2, 0.25) is 0 Å². The standard InChI is InChI=1S/C7H11O/c1-4-5-6-7(2)8-3/h4-6H,2H2,1,3H3. The van der Waals surface area contributed by atoms with Crippen molar-refractivity contribution in [3.8, 4) is 0 Å². The van der Waals surface area contributed by atoms with E-state index < -0.39 is 0 Å². The van der Waals surface area contributed by atoms with Gasteiger partial charge in [0.25, 0.3) is 0 Å². The molecule has 0 N–H and O–H groups in total. The van der Waals surface area contributed by atoms with Crippen LogP contribution in [-0.4, -0.2) is 7.11 Å². The molecule has 0 saturated heterocycles. The van der Waals surface area contributed by atoms with Gasteiger partial charge in [0.05, 0.1) is 0 Å². The molecule has 1 heteroatoms. The van der Waals surface area contributed by atoms with Crippen LogP contribution in [0.1, 0.15) is 6.92 Å². The third kappa shape index (κ3) is 4.13. The molecular weight excluding hydrogens is 100 g/mol. The van der Waals surface area contributed by atoms with Crippen LogP contribution in [-0.2, 0) is 4.74 Å². The van der Waals surface area contributed by atoms with Gasteiger partial charge in [-0.1, -0.05) is 6.92 Å².